The minimum Gasteiger partial charge on any atom is -0.494 e. The van der Waals surface area contributed by atoms with E-state index in [-0.39, 0.29) is 18.3 Å². The van der Waals surface area contributed by atoms with Gasteiger partial charge in [-0.2, -0.15) is 0 Å². The number of halogens is 1. The summed E-state index contributed by atoms with van der Waals surface area (Å²) in [7, 11) is 1.78. The lowest BCUT2D eigenvalue weighted by Crippen LogP contribution is -2.25. The van der Waals surface area contributed by atoms with Crippen molar-refractivity contribution in [2.75, 3.05) is 31.6 Å². The van der Waals surface area contributed by atoms with E-state index in [0.29, 0.717) is 0 Å². The van der Waals surface area contributed by atoms with Crippen molar-refractivity contribution >= 4 is 24.0 Å². The molecule has 0 N–H and O–H groups in total. The van der Waals surface area contributed by atoms with Crippen molar-refractivity contribution in [3.63, 3.8) is 0 Å². The lowest BCUT2D eigenvalue weighted by molar-refractivity contribution is -0.116. The fourth-order valence-corrected chi connectivity index (χ4v) is 3.17. The first-order chi connectivity index (χ1) is 10.1. The Morgan fingerprint density at radius 2 is 2.09 bits per heavy atom. The highest BCUT2D eigenvalue weighted by Gasteiger charge is 2.46. The van der Waals surface area contributed by atoms with Crippen LogP contribution in [0.2, 0.25) is 0 Å². The minimum absolute atomic E-state index is 0. The second kappa shape index (κ2) is 7.34. The number of fused-ring (bicyclic) bond motifs is 1. The number of hydrogen-bond donors (Lipinski definition) is 0. The van der Waals surface area contributed by atoms with Gasteiger partial charge in [0.05, 0.1) is 6.61 Å². The van der Waals surface area contributed by atoms with E-state index < -0.39 is 0 Å². The van der Waals surface area contributed by atoms with Crippen molar-refractivity contribution in [3.8, 4) is 5.75 Å². The standard InChI is InChI=1S/C17H24N2O2.ClH/c1-13(20)18(2)15-4-6-16(7-5-15)21-11-3-9-19-10-8-14-12-17(14)19;/h4-7,14,17H,3,8-12H2,1-2H3;1H/t14-,17+;/m0./s1. The average Bonchev–Trinajstić information content (AvgIpc) is 3.17. The van der Waals surface area contributed by atoms with E-state index >= 15 is 0 Å². The van der Waals surface area contributed by atoms with Gasteiger partial charge >= 0.3 is 0 Å². The van der Waals surface area contributed by atoms with E-state index in [9.17, 15) is 4.79 Å². The number of likely N-dealkylation sites (tertiary alicyclic amines) is 1. The molecule has 1 aliphatic heterocycles. The number of nitrogens with zero attached hydrogens (tertiary/aromatic N) is 2. The molecule has 0 bridgehead atoms. The van der Waals surface area contributed by atoms with Gasteiger partial charge in [0.1, 0.15) is 5.75 Å². The summed E-state index contributed by atoms with van der Waals surface area (Å²) in [5.74, 6) is 1.92. The van der Waals surface area contributed by atoms with Crippen LogP contribution in [0.5, 0.6) is 5.75 Å². The molecule has 1 aliphatic carbocycles. The summed E-state index contributed by atoms with van der Waals surface area (Å²) in [6.45, 7) is 4.76. The Labute approximate surface area is 138 Å². The van der Waals surface area contributed by atoms with Crippen LogP contribution in [-0.4, -0.2) is 43.6 Å². The average molecular weight is 325 g/mol. The van der Waals surface area contributed by atoms with Gasteiger partial charge in [-0.1, -0.05) is 0 Å². The maximum atomic E-state index is 11.3. The number of amides is 1. The van der Waals surface area contributed by atoms with Crippen LogP contribution in [0.1, 0.15) is 26.2 Å². The van der Waals surface area contributed by atoms with E-state index in [1.54, 1.807) is 18.9 Å². The second-order valence-electron chi connectivity index (χ2n) is 6.16. The predicted molar refractivity (Wildman–Crippen MR) is 91.0 cm³/mol. The maximum Gasteiger partial charge on any atom is 0.223 e. The molecular weight excluding hydrogens is 300 g/mol. The number of ether oxygens (including phenoxy) is 1. The molecular formula is C17H25ClN2O2. The summed E-state index contributed by atoms with van der Waals surface area (Å²) in [5, 5.41) is 0. The Hall–Kier alpha value is -1.26. The smallest absolute Gasteiger partial charge is 0.223 e. The van der Waals surface area contributed by atoms with Crippen LogP contribution in [-0.2, 0) is 4.79 Å². The zero-order chi connectivity index (χ0) is 14.8. The van der Waals surface area contributed by atoms with Gasteiger partial charge in [-0.15, -0.1) is 12.4 Å². The zero-order valence-corrected chi connectivity index (χ0v) is 14.1. The van der Waals surface area contributed by atoms with Gasteiger partial charge in [-0.05, 0) is 56.0 Å². The van der Waals surface area contributed by atoms with Crippen LogP contribution in [0.3, 0.4) is 0 Å². The highest BCUT2D eigenvalue weighted by Crippen LogP contribution is 2.44. The van der Waals surface area contributed by atoms with Crippen LogP contribution in [0.15, 0.2) is 24.3 Å². The maximum absolute atomic E-state index is 11.3. The van der Waals surface area contributed by atoms with Gasteiger partial charge in [-0.25, -0.2) is 0 Å². The number of piperidine rings is 1. The fraction of sp³-hybridized carbons (Fsp3) is 0.588. The summed E-state index contributed by atoms with van der Waals surface area (Å²) < 4.78 is 5.78. The molecule has 3 rings (SSSR count). The molecule has 2 atom stereocenters. The monoisotopic (exact) mass is 324 g/mol. The molecule has 22 heavy (non-hydrogen) atoms. The Balaban J connectivity index is 0.00000176. The third-order valence-corrected chi connectivity index (χ3v) is 4.70. The van der Waals surface area contributed by atoms with E-state index in [1.165, 1.54) is 19.4 Å². The molecule has 122 valence electrons. The molecule has 2 fully saturated rings. The van der Waals surface area contributed by atoms with Crippen molar-refractivity contribution in [1.29, 1.82) is 0 Å². The lowest BCUT2D eigenvalue weighted by Gasteiger charge is -2.18. The molecule has 1 aromatic rings. The number of anilines is 1. The van der Waals surface area contributed by atoms with Crippen molar-refractivity contribution in [2.24, 2.45) is 5.92 Å². The summed E-state index contributed by atoms with van der Waals surface area (Å²) >= 11 is 0. The highest BCUT2D eigenvalue weighted by molar-refractivity contribution is 5.90. The Morgan fingerprint density at radius 1 is 1.36 bits per heavy atom. The minimum atomic E-state index is 0. The SMILES string of the molecule is CC(=O)N(C)c1ccc(OCCCN2CC[C@H]3C[C@H]32)cc1.Cl. The Kier molecular flexibility index (Phi) is 5.70. The van der Waals surface area contributed by atoms with Gasteiger partial charge in [0.15, 0.2) is 0 Å². The van der Waals surface area contributed by atoms with E-state index in [0.717, 1.165) is 43.0 Å². The number of benzene rings is 1. The van der Waals surface area contributed by atoms with E-state index in [2.05, 4.69) is 4.90 Å². The number of hydrogen-bond acceptors (Lipinski definition) is 3. The number of carbonyl (C=O) groups excluding carboxylic acids is 1. The van der Waals surface area contributed by atoms with Gasteiger partial charge in [0.25, 0.3) is 0 Å². The molecule has 4 nitrogen and oxygen atoms in total. The van der Waals surface area contributed by atoms with Gasteiger partial charge < -0.3 is 9.64 Å². The topological polar surface area (TPSA) is 32.8 Å². The van der Waals surface area contributed by atoms with Crippen LogP contribution >= 0.6 is 12.4 Å². The molecule has 1 heterocycles. The molecule has 0 aromatic heterocycles. The van der Waals surface area contributed by atoms with E-state index in [1.807, 2.05) is 24.3 Å². The molecule has 0 unspecified atom stereocenters. The van der Waals surface area contributed by atoms with Crippen molar-refractivity contribution in [2.45, 2.75) is 32.2 Å². The van der Waals surface area contributed by atoms with Crippen LogP contribution in [0.4, 0.5) is 5.69 Å². The van der Waals surface area contributed by atoms with Gasteiger partial charge in [-0.3, -0.25) is 9.69 Å². The van der Waals surface area contributed by atoms with E-state index in [4.69, 9.17) is 4.74 Å². The first-order valence-electron chi connectivity index (χ1n) is 7.86. The summed E-state index contributed by atoms with van der Waals surface area (Å²) in [4.78, 5) is 15.5. The predicted octanol–water partition coefficient (Wildman–Crippen LogP) is 2.95. The third kappa shape index (κ3) is 3.93. The molecule has 0 radical (unpaired) electrons. The molecule has 1 aromatic carbocycles. The second-order valence-corrected chi connectivity index (χ2v) is 6.16. The summed E-state index contributed by atoms with van der Waals surface area (Å²) in [5.41, 5.74) is 0.895. The largest absolute Gasteiger partial charge is 0.494 e. The van der Waals surface area contributed by atoms with Gasteiger partial charge in [0.2, 0.25) is 5.91 Å². The Bertz CT molecular complexity index is 506. The van der Waals surface area contributed by atoms with Crippen molar-refractivity contribution in [1.82, 2.24) is 4.90 Å². The fourth-order valence-electron chi connectivity index (χ4n) is 3.17. The molecule has 0 spiro atoms. The molecule has 2 aliphatic rings. The first kappa shape index (κ1) is 17.1. The van der Waals surface area contributed by atoms with Crippen molar-refractivity contribution < 1.29 is 9.53 Å². The van der Waals surface area contributed by atoms with Crippen LogP contribution < -0.4 is 9.64 Å². The normalized spacial score (nSPS) is 22.6. The molecule has 1 saturated carbocycles. The van der Waals surface area contributed by atoms with Crippen molar-refractivity contribution in [3.05, 3.63) is 24.3 Å². The highest BCUT2D eigenvalue weighted by atomic mass is 35.5. The molecule has 5 heteroatoms. The quantitative estimate of drug-likeness (QED) is 0.754. The lowest BCUT2D eigenvalue weighted by atomic mass is 10.3. The summed E-state index contributed by atoms with van der Waals surface area (Å²) in [6, 6.07) is 8.60. The van der Waals surface area contributed by atoms with Crippen LogP contribution in [0, 0.1) is 5.92 Å². The number of carbonyl (C=O) groups is 1. The summed E-state index contributed by atoms with van der Waals surface area (Å²) in [6.07, 6.45) is 3.90. The first-order valence-corrected chi connectivity index (χ1v) is 7.86. The number of rotatable bonds is 6. The van der Waals surface area contributed by atoms with Gasteiger partial charge in [0, 0.05) is 32.2 Å². The molecule has 1 saturated heterocycles. The zero-order valence-electron chi connectivity index (χ0n) is 13.3. The molecule has 1 amide bonds. The third-order valence-electron chi connectivity index (χ3n) is 4.70. The van der Waals surface area contributed by atoms with Crippen LogP contribution in [0.25, 0.3) is 0 Å². The Morgan fingerprint density at radius 3 is 2.64 bits per heavy atom.